The molecule has 0 saturated carbocycles. The van der Waals surface area contributed by atoms with Gasteiger partial charge in [-0.25, -0.2) is 0 Å². The molecule has 3 N–H and O–H groups in total. The van der Waals surface area contributed by atoms with E-state index in [0.29, 0.717) is 31.1 Å². The summed E-state index contributed by atoms with van der Waals surface area (Å²) in [5, 5.41) is 30.2. The fourth-order valence-electron chi connectivity index (χ4n) is 5.98. The third-order valence-corrected chi connectivity index (χ3v) is 9.64. The van der Waals surface area contributed by atoms with E-state index in [2.05, 4.69) is 74.6 Å². The molecular weight excluding hydrogens is 687 g/mol. The number of aliphatic carboxylic acids is 1. The SMILES string of the molecule is CN1CC2CCC(=O)NCC2C1.CNCC(=O)O.COC(=O)CC/C=C/C#N.COC(=O)CCC1CN(C)CC1C#N.COCN(C)C[Si](C)(C)C. The molecule has 4 atom stereocenters. The second-order valence-corrected chi connectivity index (χ2v) is 19.9. The Hall–Kier alpha value is -3.38. The molecule has 0 radical (unpaired) electrons. The summed E-state index contributed by atoms with van der Waals surface area (Å²) in [5.74, 6) is 0.854. The number of rotatable bonds is 12. The second kappa shape index (κ2) is 30.1. The number of allylic oxidation sites excluding steroid dienone is 2. The molecule has 52 heavy (non-hydrogen) atoms. The number of nitrogens with one attached hydrogen (secondary N) is 2. The fraction of sp³-hybridized carbons (Fsp3) is 0.778. The summed E-state index contributed by atoms with van der Waals surface area (Å²) in [6.45, 7) is 12.8. The molecule has 3 saturated heterocycles. The number of amides is 1. The zero-order valence-electron chi connectivity index (χ0n) is 33.4. The number of carboxylic acid groups (broad SMARTS) is 1. The van der Waals surface area contributed by atoms with Gasteiger partial charge in [-0.15, -0.1) is 0 Å². The van der Waals surface area contributed by atoms with Gasteiger partial charge in [0.25, 0.3) is 0 Å². The van der Waals surface area contributed by atoms with Gasteiger partial charge < -0.3 is 39.8 Å². The van der Waals surface area contributed by atoms with Crippen LogP contribution in [0.3, 0.4) is 0 Å². The van der Waals surface area contributed by atoms with Crippen LogP contribution in [0.15, 0.2) is 12.2 Å². The van der Waals surface area contributed by atoms with Gasteiger partial charge in [-0.05, 0) is 71.4 Å². The minimum atomic E-state index is -0.912. The molecule has 298 valence electrons. The number of carbonyl (C=O) groups is 4. The predicted molar refractivity (Wildman–Crippen MR) is 203 cm³/mol. The number of methoxy groups -OCH3 is 3. The topological polar surface area (TPSA) is 198 Å². The van der Waals surface area contributed by atoms with E-state index in [1.54, 1.807) is 20.2 Å². The summed E-state index contributed by atoms with van der Waals surface area (Å²) >= 11 is 0. The van der Waals surface area contributed by atoms with Gasteiger partial charge in [0.2, 0.25) is 5.91 Å². The second-order valence-electron chi connectivity index (χ2n) is 14.5. The summed E-state index contributed by atoms with van der Waals surface area (Å²) in [7, 11) is 11.4. The van der Waals surface area contributed by atoms with Gasteiger partial charge in [0.1, 0.15) is 0 Å². The summed E-state index contributed by atoms with van der Waals surface area (Å²) in [5.41, 5.74) is 0. The van der Waals surface area contributed by atoms with Crippen molar-refractivity contribution in [2.45, 2.75) is 58.2 Å². The maximum Gasteiger partial charge on any atom is 0.317 e. The highest BCUT2D eigenvalue weighted by Crippen LogP contribution is 2.27. The Balaban J connectivity index is 0. The van der Waals surface area contributed by atoms with E-state index in [1.165, 1.54) is 33.0 Å². The Bertz CT molecular complexity index is 1120. The molecule has 0 aromatic heterocycles. The van der Waals surface area contributed by atoms with Crippen molar-refractivity contribution in [2.24, 2.45) is 23.7 Å². The van der Waals surface area contributed by atoms with Crippen LogP contribution in [0.1, 0.15) is 38.5 Å². The van der Waals surface area contributed by atoms with Gasteiger partial charge in [0, 0.05) is 65.2 Å². The molecule has 3 aliphatic rings. The Morgan fingerprint density at radius 2 is 1.62 bits per heavy atom. The first-order chi connectivity index (χ1) is 24.5. The Labute approximate surface area is 313 Å². The van der Waals surface area contributed by atoms with Gasteiger partial charge in [-0.3, -0.25) is 24.1 Å². The van der Waals surface area contributed by atoms with Gasteiger partial charge in [0.15, 0.2) is 0 Å². The van der Waals surface area contributed by atoms with Crippen molar-refractivity contribution in [2.75, 3.05) is 102 Å². The van der Waals surface area contributed by atoms with Gasteiger partial charge in [0.05, 0.1) is 53.6 Å². The number of likely N-dealkylation sites (tertiary alicyclic amines) is 2. The third kappa shape index (κ3) is 28.2. The molecule has 0 spiro atoms. The van der Waals surface area contributed by atoms with Crippen molar-refractivity contribution in [1.82, 2.24) is 25.3 Å². The maximum absolute atomic E-state index is 11.1. The first kappa shape index (κ1) is 50.7. The van der Waals surface area contributed by atoms with Crippen molar-refractivity contribution in [3.63, 3.8) is 0 Å². The van der Waals surface area contributed by atoms with Gasteiger partial charge >= 0.3 is 17.9 Å². The number of nitrogens with zero attached hydrogens (tertiary/aromatic N) is 5. The first-order valence-electron chi connectivity index (χ1n) is 17.7. The van der Waals surface area contributed by atoms with E-state index in [4.69, 9.17) is 20.4 Å². The van der Waals surface area contributed by atoms with Crippen LogP contribution in [0, 0.1) is 46.3 Å². The molecule has 4 unspecified atom stereocenters. The number of nitriles is 2. The van der Waals surface area contributed by atoms with E-state index >= 15 is 0 Å². The van der Waals surface area contributed by atoms with E-state index in [1.807, 2.05) is 13.1 Å². The molecule has 0 bridgehead atoms. The smallest absolute Gasteiger partial charge is 0.317 e. The lowest BCUT2D eigenvalue weighted by atomic mass is 9.93. The number of carbonyl (C=O) groups excluding carboxylic acids is 3. The van der Waals surface area contributed by atoms with Crippen molar-refractivity contribution in [1.29, 1.82) is 10.5 Å². The van der Waals surface area contributed by atoms with Crippen molar-refractivity contribution in [3.8, 4) is 12.1 Å². The zero-order chi connectivity index (χ0) is 40.1. The van der Waals surface area contributed by atoms with Crippen molar-refractivity contribution >= 4 is 31.9 Å². The number of likely N-dealkylation sites (N-methyl/N-ethyl adjacent to an activating group) is 1. The van der Waals surface area contributed by atoms with E-state index in [-0.39, 0.29) is 30.3 Å². The lowest BCUT2D eigenvalue weighted by Crippen LogP contribution is -2.38. The van der Waals surface area contributed by atoms with Crippen molar-refractivity contribution < 1.29 is 38.5 Å². The number of carboxylic acids is 1. The number of hydrogen-bond donors (Lipinski definition) is 3. The molecule has 3 rings (SSSR count). The summed E-state index contributed by atoms with van der Waals surface area (Å²) in [6, 6.07) is 4.12. The molecule has 15 nitrogen and oxygen atoms in total. The number of esters is 2. The Morgan fingerprint density at radius 3 is 2.12 bits per heavy atom. The van der Waals surface area contributed by atoms with E-state index in [9.17, 15) is 19.2 Å². The lowest BCUT2D eigenvalue weighted by Gasteiger charge is -2.23. The zero-order valence-corrected chi connectivity index (χ0v) is 34.4. The molecule has 0 aromatic carbocycles. The summed E-state index contributed by atoms with van der Waals surface area (Å²) < 4.78 is 13.9. The largest absolute Gasteiger partial charge is 0.480 e. The standard InChI is InChI=1S/C10H16N2O2.C9H16N2O.C7H9NO2.C7H19NOSi.C3H7NO2/c1-12-6-8(9(5-11)7-12)3-4-10(13)14-2;1-11-5-7-2-3-9(12)10-4-8(7)6-11;1-10-7(9)5-3-2-4-6-8;1-8(6-9-2)7-10(3,4)5;1-4-2-3(5)6/h8-9H,3-4,6-7H2,1-2H3;7-8H,2-6H2,1H3,(H,10,12);2,4H,3,5H2,1H3;6-7H2,1-5H3;4H,2H2,1H3,(H,5,6)/b;;4-2+;;. The molecule has 1 amide bonds. The molecule has 0 aromatic rings. The van der Waals surface area contributed by atoms with Crippen LogP contribution in [0.25, 0.3) is 0 Å². The van der Waals surface area contributed by atoms with E-state index in [0.717, 1.165) is 58.1 Å². The molecule has 16 heteroatoms. The quantitative estimate of drug-likeness (QED) is 0.114. The fourth-order valence-corrected chi connectivity index (χ4v) is 7.69. The van der Waals surface area contributed by atoms with Crippen LogP contribution >= 0.6 is 0 Å². The van der Waals surface area contributed by atoms with Gasteiger partial charge in [-0.2, -0.15) is 10.5 Å². The average Bonchev–Trinajstić information content (AvgIpc) is 3.58. The highest BCUT2D eigenvalue weighted by molar-refractivity contribution is 6.76. The minimum absolute atomic E-state index is 0.0417. The predicted octanol–water partition coefficient (Wildman–Crippen LogP) is 2.42. The molecule has 0 aliphatic carbocycles. The van der Waals surface area contributed by atoms with Crippen LogP contribution < -0.4 is 10.6 Å². The summed E-state index contributed by atoms with van der Waals surface area (Å²) in [6.07, 6.45) is 8.11. The normalized spacial score (nSPS) is 21.1. The van der Waals surface area contributed by atoms with Crippen LogP contribution in [-0.2, 0) is 33.4 Å². The highest BCUT2D eigenvalue weighted by Gasteiger charge is 2.33. The van der Waals surface area contributed by atoms with Crippen molar-refractivity contribution in [3.05, 3.63) is 12.2 Å². The van der Waals surface area contributed by atoms with Crippen LogP contribution in [0.2, 0.25) is 19.6 Å². The number of fused-ring (bicyclic) bond motifs is 1. The Morgan fingerprint density at radius 1 is 1.02 bits per heavy atom. The van der Waals surface area contributed by atoms with Crippen LogP contribution in [0.5, 0.6) is 0 Å². The van der Waals surface area contributed by atoms with E-state index < -0.39 is 14.0 Å². The monoisotopic (exact) mass is 753 g/mol. The molecular formula is C36H67N7O8Si. The number of hydrogen-bond acceptors (Lipinski definition) is 13. The van der Waals surface area contributed by atoms with Crippen LogP contribution in [-0.4, -0.2) is 153 Å². The maximum atomic E-state index is 11.1. The molecule has 3 aliphatic heterocycles. The third-order valence-electron chi connectivity index (χ3n) is 8.16. The van der Waals surface area contributed by atoms with Crippen LogP contribution in [0.4, 0.5) is 0 Å². The highest BCUT2D eigenvalue weighted by atomic mass is 28.3. The van der Waals surface area contributed by atoms with Gasteiger partial charge in [-0.1, -0.05) is 25.7 Å². The lowest BCUT2D eigenvalue weighted by molar-refractivity contribution is -0.141. The molecule has 3 fully saturated rings. The first-order valence-corrected chi connectivity index (χ1v) is 21.4. The summed E-state index contributed by atoms with van der Waals surface area (Å²) in [4.78, 5) is 48.7. The average molecular weight is 754 g/mol. The minimum Gasteiger partial charge on any atom is -0.480 e. The Kier molecular flexibility index (Phi) is 29.4. The molecule has 3 heterocycles. The number of ether oxygens (including phenoxy) is 3.